The van der Waals surface area contributed by atoms with E-state index in [1.54, 1.807) is 6.07 Å². The lowest BCUT2D eigenvalue weighted by Crippen LogP contribution is -2.11. The van der Waals surface area contributed by atoms with Crippen molar-refractivity contribution in [3.05, 3.63) is 27.7 Å². The van der Waals surface area contributed by atoms with Gasteiger partial charge in [-0.25, -0.2) is 5.10 Å². The largest absolute Gasteiger partial charge is 0.268 e. The van der Waals surface area contributed by atoms with E-state index in [9.17, 15) is 4.79 Å². The van der Waals surface area contributed by atoms with Gasteiger partial charge in [-0.05, 0) is 31.2 Å². The number of hydrogen-bond acceptors (Lipinski definition) is 2. The maximum atomic E-state index is 11.0. The highest BCUT2D eigenvalue weighted by molar-refractivity contribution is 5.15. The van der Waals surface area contributed by atoms with Crippen LogP contribution in [-0.2, 0) is 6.42 Å². The van der Waals surface area contributed by atoms with Crippen LogP contribution in [0.2, 0.25) is 0 Å². The SMILES string of the molecule is Cc1cc(=O)[nH]nc1CCC1CCCC1. The summed E-state index contributed by atoms with van der Waals surface area (Å²) in [6.45, 7) is 1.96. The standard InChI is InChI=1S/C12H18N2O/c1-9-8-12(15)14-13-11(9)7-6-10-4-2-3-5-10/h8,10H,2-7H2,1H3,(H,14,15). The van der Waals surface area contributed by atoms with Gasteiger partial charge in [0, 0.05) is 6.07 Å². The molecule has 15 heavy (non-hydrogen) atoms. The van der Waals surface area contributed by atoms with Crippen LogP contribution >= 0.6 is 0 Å². The average molecular weight is 206 g/mol. The number of nitrogens with zero attached hydrogens (tertiary/aromatic N) is 1. The summed E-state index contributed by atoms with van der Waals surface area (Å²) in [5.74, 6) is 0.887. The molecule has 0 radical (unpaired) electrons. The molecule has 1 heterocycles. The van der Waals surface area contributed by atoms with Crippen LogP contribution in [0.4, 0.5) is 0 Å². The molecule has 0 amide bonds. The first-order valence-corrected chi connectivity index (χ1v) is 5.81. The van der Waals surface area contributed by atoms with E-state index in [1.165, 1.54) is 32.1 Å². The molecule has 1 fully saturated rings. The van der Waals surface area contributed by atoms with Crippen molar-refractivity contribution in [1.82, 2.24) is 10.2 Å². The third-order valence-corrected chi connectivity index (χ3v) is 3.37. The summed E-state index contributed by atoms with van der Waals surface area (Å²) in [7, 11) is 0. The fourth-order valence-electron chi connectivity index (χ4n) is 2.42. The molecule has 0 unspecified atom stereocenters. The van der Waals surface area contributed by atoms with Gasteiger partial charge in [0.1, 0.15) is 0 Å². The lowest BCUT2D eigenvalue weighted by atomic mass is 9.99. The molecule has 2 rings (SSSR count). The van der Waals surface area contributed by atoms with E-state index in [-0.39, 0.29) is 5.56 Å². The second kappa shape index (κ2) is 4.60. The van der Waals surface area contributed by atoms with Gasteiger partial charge in [-0.1, -0.05) is 25.7 Å². The first-order valence-electron chi connectivity index (χ1n) is 5.81. The Bertz CT molecular complexity index is 377. The molecule has 1 aliphatic rings. The lowest BCUT2D eigenvalue weighted by Gasteiger charge is -2.08. The summed E-state index contributed by atoms with van der Waals surface area (Å²) in [5, 5.41) is 6.61. The van der Waals surface area contributed by atoms with Crippen molar-refractivity contribution < 1.29 is 0 Å². The van der Waals surface area contributed by atoms with E-state index >= 15 is 0 Å². The first kappa shape index (κ1) is 10.4. The highest BCUT2D eigenvalue weighted by Gasteiger charge is 2.15. The number of aromatic amines is 1. The van der Waals surface area contributed by atoms with Gasteiger partial charge in [0.05, 0.1) is 5.69 Å². The number of hydrogen-bond donors (Lipinski definition) is 1. The summed E-state index contributed by atoms with van der Waals surface area (Å²) >= 11 is 0. The molecule has 0 spiro atoms. The normalized spacial score (nSPS) is 17.1. The molecule has 1 aliphatic carbocycles. The van der Waals surface area contributed by atoms with Crippen molar-refractivity contribution in [2.24, 2.45) is 5.92 Å². The molecule has 0 saturated heterocycles. The van der Waals surface area contributed by atoms with E-state index in [0.717, 1.165) is 23.6 Å². The molecule has 1 aromatic rings. The van der Waals surface area contributed by atoms with Crippen molar-refractivity contribution in [2.45, 2.75) is 45.4 Å². The predicted molar refractivity (Wildman–Crippen MR) is 59.9 cm³/mol. The quantitative estimate of drug-likeness (QED) is 0.824. The maximum absolute atomic E-state index is 11.0. The van der Waals surface area contributed by atoms with Gasteiger partial charge in [-0.3, -0.25) is 4.79 Å². The Labute approximate surface area is 89.9 Å². The number of rotatable bonds is 3. The van der Waals surface area contributed by atoms with Crippen LogP contribution < -0.4 is 5.56 Å². The zero-order valence-electron chi connectivity index (χ0n) is 9.25. The summed E-state index contributed by atoms with van der Waals surface area (Å²) in [6, 6.07) is 1.64. The van der Waals surface area contributed by atoms with E-state index < -0.39 is 0 Å². The number of aromatic nitrogens is 2. The van der Waals surface area contributed by atoms with Crippen LogP contribution in [-0.4, -0.2) is 10.2 Å². The summed E-state index contributed by atoms with van der Waals surface area (Å²) < 4.78 is 0. The van der Waals surface area contributed by atoms with Gasteiger partial charge in [0.25, 0.3) is 5.56 Å². The van der Waals surface area contributed by atoms with Crippen LogP contribution in [0.1, 0.15) is 43.4 Å². The summed E-state index contributed by atoms with van der Waals surface area (Å²) in [6.07, 6.45) is 7.77. The number of H-pyrrole nitrogens is 1. The topological polar surface area (TPSA) is 45.8 Å². The molecule has 1 saturated carbocycles. The van der Waals surface area contributed by atoms with Gasteiger partial charge in [0.2, 0.25) is 0 Å². The Morgan fingerprint density at radius 3 is 2.87 bits per heavy atom. The van der Waals surface area contributed by atoms with Crippen molar-refractivity contribution in [1.29, 1.82) is 0 Å². The Balaban J connectivity index is 1.95. The monoisotopic (exact) mass is 206 g/mol. The van der Waals surface area contributed by atoms with E-state index in [0.29, 0.717) is 0 Å². The fourth-order valence-corrected chi connectivity index (χ4v) is 2.42. The van der Waals surface area contributed by atoms with Gasteiger partial charge >= 0.3 is 0 Å². The van der Waals surface area contributed by atoms with Crippen LogP contribution in [0.25, 0.3) is 0 Å². The Morgan fingerprint density at radius 2 is 2.20 bits per heavy atom. The van der Waals surface area contributed by atoms with E-state index in [1.807, 2.05) is 6.92 Å². The fraction of sp³-hybridized carbons (Fsp3) is 0.667. The minimum absolute atomic E-state index is 0.0999. The highest BCUT2D eigenvalue weighted by atomic mass is 16.1. The molecule has 3 nitrogen and oxygen atoms in total. The molecular formula is C12H18N2O. The van der Waals surface area contributed by atoms with Gasteiger partial charge in [-0.15, -0.1) is 0 Å². The molecule has 1 N–H and O–H groups in total. The summed E-state index contributed by atoms with van der Waals surface area (Å²) in [5.41, 5.74) is 1.98. The van der Waals surface area contributed by atoms with Crippen molar-refractivity contribution >= 4 is 0 Å². The molecule has 1 aromatic heterocycles. The third kappa shape index (κ3) is 2.67. The molecule has 0 atom stereocenters. The predicted octanol–water partition coefficient (Wildman–Crippen LogP) is 2.20. The zero-order chi connectivity index (χ0) is 10.7. The van der Waals surface area contributed by atoms with Gasteiger partial charge < -0.3 is 0 Å². The van der Waals surface area contributed by atoms with Crippen molar-refractivity contribution in [2.75, 3.05) is 0 Å². The van der Waals surface area contributed by atoms with Gasteiger partial charge in [-0.2, -0.15) is 5.10 Å². The highest BCUT2D eigenvalue weighted by Crippen LogP contribution is 2.28. The molecule has 3 heteroatoms. The van der Waals surface area contributed by atoms with Crippen LogP contribution in [0.5, 0.6) is 0 Å². The van der Waals surface area contributed by atoms with Crippen LogP contribution in [0, 0.1) is 12.8 Å². The second-order valence-corrected chi connectivity index (χ2v) is 4.55. The van der Waals surface area contributed by atoms with E-state index in [4.69, 9.17) is 0 Å². The molecular weight excluding hydrogens is 188 g/mol. The summed E-state index contributed by atoms with van der Waals surface area (Å²) in [4.78, 5) is 11.0. The van der Waals surface area contributed by atoms with Crippen LogP contribution in [0.3, 0.4) is 0 Å². The van der Waals surface area contributed by atoms with Crippen molar-refractivity contribution in [3.63, 3.8) is 0 Å². The molecule has 0 bridgehead atoms. The molecule has 0 aliphatic heterocycles. The van der Waals surface area contributed by atoms with Gasteiger partial charge in [0.15, 0.2) is 0 Å². The second-order valence-electron chi connectivity index (χ2n) is 4.55. The van der Waals surface area contributed by atoms with Crippen LogP contribution in [0.15, 0.2) is 10.9 Å². The smallest absolute Gasteiger partial charge is 0.264 e. The van der Waals surface area contributed by atoms with Crippen molar-refractivity contribution in [3.8, 4) is 0 Å². The Hall–Kier alpha value is -1.12. The first-order chi connectivity index (χ1) is 7.25. The maximum Gasteiger partial charge on any atom is 0.264 e. The minimum Gasteiger partial charge on any atom is -0.268 e. The molecule has 82 valence electrons. The van der Waals surface area contributed by atoms with E-state index in [2.05, 4.69) is 10.2 Å². The third-order valence-electron chi connectivity index (χ3n) is 3.37. The number of aryl methyl sites for hydroxylation is 2. The zero-order valence-corrected chi connectivity index (χ0v) is 9.25. The Kier molecular flexibility index (Phi) is 3.19. The average Bonchev–Trinajstić information content (AvgIpc) is 2.69. The number of nitrogens with one attached hydrogen (secondary N) is 1. The Morgan fingerprint density at radius 1 is 1.47 bits per heavy atom. The molecule has 0 aromatic carbocycles. The minimum atomic E-state index is -0.0999. The lowest BCUT2D eigenvalue weighted by molar-refractivity contribution is 0.498.